The van der Waals surface area contributed by atoms with Gasteiger partial charge in [-0.3, -0.25) is 4.79 Å². The molecule has 0 atom stereocenters. The van der Waals surface area contributed by atoms with E-state index in [0.717, 1.165) is 22.1 Å². The van der Waals surface area contributed by atoms with Crippen LogP contribution in [0, 0.1) is 6.92 Å². The van der Waals surface area contributed by atoms with Crippen LogP contribution in [-0.4, -0.2) is 31.4 Å². The molecule has 184 valence electrons. The standard InChI is InChI=1S/C24H21ClF3N3O3S/c1-17-6-12-21(13-7-17)35(33,34)31(15-18-8-10-20(25)11-9-18)16-23(32)30-29-14-19-4-2-3-5-22(19)24(26,27)28/h2-14H,15-16H2,1H3,(H,30,32)/b29-14-. The van der Waals surface area contributed by atoms with Gasteiger partial charge in [0.15, 0.2) is 0 Å². The summed E-state index contributed by atoms with van der Waals surface area (Å²) in [6.07, 6.45) is -3.73. The monoisotopic (exact) mass is 523 g/mol. The lowest BCUT2D eigenvalue weighted by Crippen LogP contribution is -2.39. The first-order valence-electron chi connectivity index (χ1n) is 10.3. The maximum atomic E-state index is 13.3. The number of nitrogens with zero attached hydrogens (tertiary/aromatic N) is 2. The van der Waals surface area contributed by atoms with Crippen LogP contribution in [-0.2, 0) is 27.5 Å². The highest BCUT2D eigenvalue weighted by molar-refractivity contribution is 7.89. The zero-order valence-electron chi connectivity index (χ0n) is 18.5. The van der Waals surface area contributed by atoms with Crippen molar-refractivity contribution >= 4 is 33.7 Å². The summed E-state index contributed by atoms with van der Waals surface area (Å²) in [6.45, 7) is 1.06. The molecule has 1 amide bonds. The smallest absolute Gasteiger partial charge is 0.272 e. The van der Waals surface area contributed by atoms with Crippen molar-refractivity contribution in [3.63, 3.8) is 0 Å². The normalized spacial score (nSPS) is 12.3. The van der Waals surface area contributed by atoms with Gasteiger partial charge in [0.05, 0.1) is 23.2 Å². The van der Waals surface area contributed by atoms with Crippen LogP contribution in [0.25, 0.3) is 0 Å². The first kappa shape index (κ1) is 26.4. The topological polar surface area (TPSA) is 78.8 Å². The van der Waals surface area contributed by atoms with Gasteiger partial charge >= 0.3 is 6.18 Å². The highest BCUT2D eigenvalue weighted by Gasteiger charge is 2.32. The van der Waals surface area contributed by atoms with Crippen molar-refractivity contribution in [1.29, 1.82) is 0 Å². The van der Waals surface area contributed by atoms with Crippen molar-refractivity contribution in [3.8, 4) is 0 Å². The number of carbonyl (C=O) groups excluding carboxylic acids is 1. The van der Waals surface area contributed by atoms with E-state index in [0.29, 0.717) is 10.6 Å². The summed E-state index contributed by atoms with van der Waals surface area (Å²) in [5.74, 6) is -0.824. The third kappa shape index (κ3) is 7.14. The minimum Gasteiger partial charge on any atom is -0.272 e. The Hall–Kier alpha value is -3.21. The van der Waals surface area contributed by atoms with E-state index in [1.807, 2.05) is 6.92 Å². The lowest BCUT2D eigenvalue weighted by atomic mass is 10.1. The summed E-state index contributed by atoms with van der Waals surface area (Å²) >= 11 is 5.90. The van der Waals surface area contributed by atoms with Crippen LogP contribution in [0.2, 0.25) is 5.02 Å². The molecule has 0 bridgehead atoms. The number of hydrazone groups is 1. The van der Waals surface area contributed by atoms with Gasteiger partial charge in [0.1, 0.15) is 0 Å². The summed E-state index contributed by atoms with van der Waals surface area (Å²) in [5, 5.41) is 4.06. The molecule has 0 fully saturated rings. The van der Waals surface area contributed by atoms with Crippen molar-refractivity contribution in [2.24, 2.45) is 5.10 Å². The molecule has 0 saturated heterocycles. The predicted molar refractivity (Wildman–Crippen MR) is 127 cm³/mol. The third-order valence-corrected chi connectivity index (χ3v) is 6.97. The Balaban J connectivity index is 1.81. The van der Waals surface area contributed by atoms with Gasteiger partial charge in [-0.15, -0.1) is 0 Å². The Morgan fingerprint density at radius 2 is 1.66 bits per heavy atom. The lowest BCUT2D eigenvalue weighted by molar-refractivity contribution is -0.137. The SMILES string of the molecule is Cc1ccc(S(=O)(=O)N(CC(=O)N/N=C\c2ccccc2C(F)(F)F)Cc2ccc(Cl)cc2)cc1. The quantitative estimate of drug-likeness (QED) is 0.333. The highest BCUT2D eigenvalue weighted by atomic mass is 35.5. The molecule has 3 rings (SSSR count). The van der Waals surface area contributed by atoms with Crippen molar-refractivity contribution in [2.75, 3.05) is 6.54 Å². The van der Waals surface area contributed by atoms with Crippen molar-refractivity contribution in [2.45, 2.75) is 24.5 Å². The number of nitrogens with one attached hydrogen (secondary N) is 1. The van der Waals surface area contributed by atoms with Crippen LogP contribution >= 0.6 is 11.6 Å². The Labute approximate surface area is 206 Å². The molecular formula is C24H21ClF3N3O3S. The maximum absolute atomic E-state index is 13.3. The molecule has 0 aromatic heterocycles. The summed E-state index contributed by atoms with van der Waals surface area (Å²) in [5.41, 5.74) is 2.39. The first-order chi connectivity index (χ1) is 16.5. The number of aryl methyl sites for hydroxylation is 1. The van der Waals surface area contributed by atoms with Gasteiger partial charge in [0.25, 0.3) is 5.91 Å². The minimum atomic E-state index is -4.59. The number of hydrogen-bond acceptors (Lipinski definition) is 4. The molecule has 0 aliphatic heterocycles. The second-order valence-corrected chi connectivity index (χ2v) is 9.97. The Morgan fingerprint density at radius 1 is 1.03 bits per heavy atom. The molecule has 0 aliphatic carbocycles. The maximum Gasteiger partial charge on any atom is 0.417 e. The fraction of sp³-hybridized carbons (Fsp3) is 0.167. The molecule has 1 N–H and O–H groups in total. The average Bonchev–Trinajstić information content (AvgIpc) is 2.80. The molecule has 0 saturated carbocycles. The average molecular weight is 524 g/mol. The molecule has 6 nitrogen and oxygen atoms in total. The lowest BCUT2D eigenvalue weighted by Gasteiger charge is -2.21. The summed E-state index contributed by atoms with van der Waals surface area (Å²) < 4.78 is 66.8. The second kappa shape index (κ2) is 11.0. The van der Waals surface area contributed by atoms with E-state index < -0.39 is 34.2 Å². The molecule has 0 aliphatic rings. The van der Waals surface area contributed by atoms with Gasteiger partial charge in [-0.25, -0.2) is 13.8 Å². The molecule has 3 aromatic rings. The van der Waals surface area contributed by atoms with Crippen LogP contribution in [0.5, 0.6) is 0 Å². The van der Waals surface area contributed by atoms with Gasteiger partial charge in [-0.1, -0.05) is 59.6 Å². The van der Waals surface area contributed by atoms with Gasteiger partial charge in [-0.2, -0.15) is 22.6 Å². The molecule has 35 heavy (non-hydrogen) atoms. The molecule has 3 aromatic carbocycles. The highest BCUT2D eigenvalue weighted by Crippen LogP contribution is 2.31. The van der Waals surface area contributed by atoms with E-state index in [1.54, 1.807) is 36.4 Å². The summed E-state index contributed by atoms with van der Waals surface area (Å²) in [6, 6.07) is 17.3. The zero-order valence-corrected chi connectivity index (χ0v) is 20.0. The van der Waals surface area contributed by atoms with Gasteiger partial charge in [0, 0.05) is 17.1 Å². The molecule has 0 heterocycles. The van der Waals surface area contributed by atoms with Gasteiger partial charge < -0.3 is 0 Å². The van der Waals surface area contributed by atoms with Crippen molar-refractivity contribution < 1.29 is 26.4 Å². The third-order valence-electron chi connectivity index (χ3n) is 4.91. The number of rotatable bonds is 8. The molecule has 0 spiro atoms. The van der Waals surface area contributed by atoms with Crippen LogP contribution in [0.15, 0.2) is 82.8 Å². The Kier molecular flexibility index (Phi) is 8.31. The fourth-order valence-electron chi connectivity index (χ4n) is 3.12. The number of hydrogen-bond donors (Lipinski definition) is 1. The molecule has 0 unspecified atom stereocenters. The molecule has 11 heteroatoms. The Bertz CT molecular complexity index is 1310. The second-order valence-electron chi connectivity index (χ2n) is 7.59. The van der Waals surface area contributed by atoms with E-state index in [4.69, 9.17) is 11.6 Å². The van der Waals surface area contributed by atoms with Crippen LogP contribution < -0.4 is 5.43 Å². The number of alkyl halides is 3. The Morgan fingerprint density at radius 3 is 2.29 bits per heavy atom. The van der Waals surface area contributed by atoms with E-state index in [9.17, 15) is 26.4 Å². The van der Waals surface area contributed by atoms with E-state index >= 15 is 0 Å². The number of amides is 1. The number of halogens is 4. The van der Waals surface area contributed by atoms with Crippen LogP contribution in [0.3, 0.4) is 0 Å². The number of sulfonamides is 1. The predicted octanol–water partition coefficient (Wildman–Crippen LogP) is 5.01. The molecule has 0 radical (unpaired) electrons. The van der Waals surface area contributed by atoms with Gasteiger partial charge in [-0.05, 0) is 42.8 Å². The van der Waals surface area contributed by atoms with Crippen molar-refractivity contribution in [1.82, 2.24) is 9.73 Å². The molecular weight excluding hydrogens is 503 g/mol. The van der Waals surface area contributed by atoms with Crippen molar-refractivity contribution in [3.05, 3.63) is 100 Å². The van der Waals surface area contributed by atoms with E-state index in [-0.39, 0.29) is 17.0 Å². The van der Waals surface area contributed by atoms with Crippen LogP contribution in [0.4, 0.5) is 13.2 Å². The zero-order chi connectivity index (χ0) is 25.6. The number of benzene rings is 3. The number of carbonyl (C=O) groups is 1. The minimum absolute atomic E-state index is 0.00697. The van der Waals surface area contributed by atoms with Crippen LogP contribution in [0.1, 0.15) is 22.3 Å². The summed E-state index contributed by atoms with van der Waals surface area (Å²) in [7, 11) is -4.09. The van der Waals surface area contributed by atoms with E-state index in [2.05, 4.69) is 10.5 Å². The fourth-order valence-corrected chi connectivity index (χ4v) is 4.63. The first-order valence-corrected chi connectivity index (χ1v) is 12.1. The largest absolute Gasteiger partial charge is 0.417 e. The van der Waals surface area contributed by atoms with E-state index in [1.165, 1.54) is 30.3 Å². The van der Waals surface area contributed by atoms with Gasteiger partial charge in [0.2, 0.25) is 10.0 Å². The summed E-state index contributed by atoms with van der Waals surface area (Å²) in [4.78, 5) is 12.5.